The molecule has 0 saturated carbocycles. The summed E-state index contributed by atoms with van der Waals surface area (Å²) in [5.41, 5.74) is 0. The van der Waals surface area contributed by atoms with Crippen LogP contribution >= 0.6 is 0 Å². The fraction of sp³-hybridized carbons (Fsp3) is 0.792. The first-order valence-corrected chi connectivity index (χ1v) is 33.9. The first kappa shape index (κ1) is 74.8. The largest absolute Gasteiger partial charge is 0.462 e. The van der Waals surface area contributed by atoms with Gasteiger partial charge in [-0.05, 0) is 89.9 Å². The number of unbranched alkanes of at least 4 members (excludes halogenated alkanes) is 39. The van der Waals surface area contributed by atoms with Crippen LogP contribution in [0.25, 0.3) is 0 Å². The molecule has 0 heterocycles. The Labute approximate surface area is 484 Å². The second-order valence-electron chi connectivity index (χ2n) is 22.7. The minimum atomic E-state index is -0.781. The third-order valence-corrected chi connectivity index (χ3v) is 14.9. The van der Waals surface area contributed by atoms with E-state index in [0.717, 1.165) is 96.3 Å². The van der Waals surface area contributed by atoms with E-state index in [4.69, 9.17) is 14.2 Å². The SMILES string of the molecule is CC/C=C\C/C=C\C/C=C\C/C=C\C/C=C\CCCCCCCCCC(=O)OCC(COC(=O)CCCCCCCCCCCCCCCCCCCC)OC(=O)CCCCCCCCCCC/C=C\CCCCCCCC. The van der Waals surface area contributed by atoms with E-state index in [-0.39, 0.29) is 31.1 Å². The highest BCUT2D eigenvalue weighted by Crippen LogP contribution is 2.17. The lowest BCUT2D eigenvalue weighted by Gasteiger charge is -2.18. The van der Waals surface area contributed by atoms with Crippen LogP contribution < -0.4 is 0 Å². The topological polar surface area (TPSA) is 78.9 Å². The quantitative estimate of drug-likeness (QED) is 0.0261. The Kier molecular flexibility index (Phi) is 63.7. The van der Waals surface area contributed by atoms with Crippen LogP contribution in [0.15, 0.2) is 72.9 Å². The van der Waals surface area contributed by atoms with Gasteiger partial charge in [-0.2, -0.15) is 0 Å². The van der Waals surface area contributed by atoms with Crippen molar-refractivity contribution in [2.75, 3.05) is 13.2 Å². The second kappa shape index (κ2) is 66.4. The second-order valence-corrected chi connectivity index (χ2v) is 22.7. The summed E-state index contributed by atoms with van der Waals surface area (Å²) in [6.07, 6.45) is 86.2. The van der Waals surface area contributed by atoms with Gasteiger partial charge >= 0.3 is 17.9 Å². The van der Waals surface area contributed by atoms with E-state index in [9.17, 15) is 14.4 Å². The summed E-state index contributed by atoms with van der Waals surface area (Å²) < 4.78 is 17.0. The van der Waals surface area contributed by atoms with E-state index in [1.54, 1.807) is 0 Å². The number of esters is 3. The molecule has 6 nitrogen and oxygen atoms in total. The molecule has 6 heteroatoms. The van der Waals surface area contributed by atoms with Gasteiger partial charge in [0.1, 0.15) is 13.2 Å². The van der Waals surface area contributed by atoms with Crippen LogP contribution in [0.1, 0.15) is 348 Å². The number of ether oxygens (including phenoxy) is 3. The van der Waals surface area contributed by atoms with Crippen molar-refractivity contribution in [2.45, 2.75) is 354 Å². The first-order valence-electron chi connectivity index (χ1n) is 33.9. The fourth-order valence-corrected chi connectivity index (χ4v) is 9.88. The molecule has 0 fully saturated rings. The van der Waals surface area contributed by atoms with Crippen LogP contribution in [0.3, 0.4) is 0 Å². The van der Waals surface area contributed by atoms with Gasteiger partial charge in [0, 0.05) is 19.3 Å². The molecule has 0 spiro atoms. The third-order valence-electron chi connectivity index (χ3n) is 14.9. The van der Waals surface area contributed by atoms with Crippen LogP contribution in [0.5, 0.6) is 0 Å². The predicted octanol–water partition coefficient (Wildman–Crippen LogP) is 23.3. The van der Waals surface area contributed by atoms with Gasteiger partial charge in [-0.25, -0.2) is 0 Å². The molecular weight excluding hydrogens is 961 g/mol. The Morgan fingerprint density at radius 1 is 0.269 bits per heavy atom. The van der Waals surface area contributed by atoms with Gasteiger partial charge in [0.25, 0.3) is 0 Å². The van der Waals surface area contributed by atoms with Crippen LogP contribution in [0.4, 0.5) is 0 Å². The van der Waals surface area contributed by atoms with Crippen molar-refractivity contribution < 1.29 is 28.6 Å². The van der Waals surface area contributed by atoms with Crippen molar-refractivity contribution in [3.63, 3.8) is 0 Å². The van der Waals surface area contributed by atoms with Crippen molar-refractivity contribution >= 4 is 17.9 Å². The Morgan fingerprint density at radius 2 is 0.500 bits per heavy atom. The van der Waals surface area contributed by atoms with Gasteiger partial charge in [0.15, 0.2) is 6.10 Å². The van der Waals surface area contributed by atoms with Gasteiger partial charge in [-0.15, -0.1) is 0 Å². The maximum absolute atomic E-state index is 12.9. The number of carbonyl (C=O) groups excluding carboxylic acids is 3. The van der Waals surface area contributed by atoms with Gasteiger partial charge in [0.2, 0.25) is 0 Å². The van der Waals surface area contributed by atoms with E-state index < -0.39 is 6.10 Å². The fourth-order valence-electron chi connectivity index (χ4n) is 9.88. The zero-order valence-corrected chi connectivity index (χ0v) is 51.9. The van der Waals surface area contributed by atoms with E-state index in [1.165, 1.54) is 212 Å². The smallest absolute Gasteiger partial charge is 0.306 e. The molecule has 78 heavy (non-hydrogen) atoms. The third kappa shape index (κ3) is 63.7. The van der Waals surface area contributed by atoms with Crippen molar-refractivity contribution in [1.29, 1.82) is 0 Å². The molecule has 0 aromatic heterocycles. The monoisotopic (exact) mass is 1090 g/mol. The standard InChI is InChI=1S/C72H128O6/c1-4-7-10-13-16-19-22-25-28-31-34-35-36-37-39-41-44-47-50-53-56-59-62-65-71(74)77-68-69(67-76-70(73)64-61-58-55-52-49-46-43-40-33-30-27-24-21-18-15-12-9-6-3)78-72(75)66-63-60-57-54-51-48-45-42-38-32-29-26-23-20-17-14-11-8-5-2/h7,10,16,19,25-26,28-29,34-35,37,39,69H,4-6,8-9,11-15,17-18,20-24,27,30-33,36,38,40-68H2,1-3H3/b10-7-,19-16-,28-25-,29-26-,35-34-,39-37-. The zero-order chi connectivity index (χ0) is 56.4. The maximum atomic E-state index is 12.9. The summed E-state index contributed by atoms with van der Waals surface area (Å²) in [5, 5.41) is 0. The summed E-state index contributed by atoms with van der Waals surface area (Å²) in [7, 11) is 0. The summed E-state index contributed by atoms with van der Waals surface area (Å²) in [5.74, 6) is -0.868. The average molecular weight is 1090 g/mol. The van der Waals surface area contributed by atoms with Gasteiger partial charge in [-0.3, -0.25) is 14.4 Å². The van der Waals surface area contributed by atoms with Gasteiger partial charge in [-0.1, -0.05) is 312 Å². The Morgan fingerprint density at radius 3 is 0.795 bits per heavy atom. The number of carbonyl (C=O) groups is 3. The Hall–Kier alpha value is -3.15. The normalized spacial score (nSPS) is 12.5. The van der Waals surface area contributed by atoms with Crippen LogP contribution in [0.2, 0.25) is 0 Å². The molecule has 1 atom stereocenters. The van der Waals surface area contributed by atoms with Gasteiger partial charge < -0.3 is 14.2 Å². The highest BCUT2D eigenvalue weighted by molar-refractivity contribution is 5.71. The lowest BCUT2D eigenvalue weighted by Crippen LogP contribution is -2.30. The molecule has 0 aliphatic heterocycles. The van der Waals surface area contributed by atoms with Gasteiger partial charge in [0.05, 0.1) is 0 Å². The van der Waals surface area contributed by atoms with E-state index in [2.05, 4.69) is 93.7 Å². The molecule has 0 aliphatic rings. The first-order chi connectivity index (χ1) is 38.5. The average Bonchev–Trinajstić information content (AvgIpc) is 3.44. The Bertz CT molecular complexity index is 1440. The molecule has 0 aromatic rings. The summed E-state index contributed by atoms with van der Waals surface area (Å²) in [6, 6.07) is 0. The molecule has 0 N–H and O–H groups in total. The van der Waals surface area contributed by atoms with Crippen LogP contribution in [-0.4, -0.2) is 37.2 Å². The minimum Gasteiger partial charge on any atom is -0.462 e. The highest BCUT2D eigenvalue weighted by atomic mass is 16.6. The van der Waals surface area contributed by atoms with Crippen molar-refractivity contribution in [2.24, 2.45) is 0 Å². The summed E-state index contributed by atoms with van der Waals surface area (Å²) >= 11 is 0. The number of rotatable bonds is 62. The molecular formula is C72H128O6. The lowest BCUT2D eigenvalue weighted by molar-refractivity contribution is -0.167. The molecule has 0 bridgehead atoms. The van der Waals surface area contributed by atoms with Crippen LogP contribution in [0, 0.1) is 0 Å². The number of hydrogen-bond donors (Lipinski definition) is 0. The van der Waals surface area contributed by atoms with E-state index in [1.807, 2.05) is 0 Å². The molecule has 0 radical (unpaired) electrons. The lowest BCUT2D eigenvalue weighted by atomic mass is 10.0. The van der Waals surface area contributed by atoms with E-state index >= 15 is 0 Å². The molecule has 1 unspecified atom stereocenters. The maximum Gasteiger partial charge on any atom is 0.306 e. The van der Waals surface area contributed by atoms with Crippen LogP contribution in [-0.2, 0) is 28.6 Å². The van der Waals surface area contributed by atoms with E-state index in [0.29, 0.717) is 19.3 Å². The van der Waals surface area contributed by atoms with Crippen molar-refractivity contribution in [3.8, 4) is 0 Å². The molecule has 452 valence electrons. The molecule has 0 saturated heterocycles. The van der Waals surface area contributed by atoms with Crippen molar-refractivity contribution in [1.82, 2.24) is 0 Å². The molecule has 0 aromatic carbocycles. The number of hydrogen-bond acceptors (Lipinski definition) is 6. The molecule has 0 rings (SSSR count). The minimum absolute atomic E-state index is 0.0759. The number of allylic oxidation sites excluding steroid dienone is 12. The Balaban J connectivity index is 4.37. The summed E-state index contributed by atoms with van der Waals surface area (Å²) in [6.45, 7) is 6.57. The van der Waals surface area contributed by atoms with Crippen molar-refractivity contribution in [3.05, 3.63) is 72.9 Å². The predicted molar refractivity (Wildman–Crippen MR) is 339 cm³/mol. The zero-order valence-electron chi connectivity index (χ0n) is 51.9. The molecule has 0 amide bonds. The molecule has 0 aliphatic carbocycles. The summed E-state index contributed by atoms with van der Waals surface area (Å²) in [4.78, 5) is 38.4. The highest BCUT2D eigenvalue weighted by Gasteiger charge is 2.19.